The summed E-state index contributed by atoms with van der Waals surface area (Å²) in [7, 11) is 0. The Balaban J connectivity index is 0.0000000974. The highest BCUT2D eigenvalue weighted by molar-refractivity contribution is 4.86. The molecule has 0 spiro atoms. The Labute approximate surface area is 476 Å². The predicted octanol–water partition coefficient (Wildman–Crippen LogP) is 24.8. The molecule has 0 aromatic heterocycles. The molecule has 0 nitrogen and oxygen atoms in total. The monoisotopic (exact) mass is 1050 g/mol. The van der Waals surface area contributed by atoms with Crippen molar-refractivity contribution in [3.05, 3.63) is 0 Å². The summed E-state index contributed by atoms with van der Waals surface area (Å²) in [5, 5.41) is 0. The van der Waals surface area contributed by atoms with Crippen molar-refractivity contribution in [2.24, 2.45) is 107 Å². The van der Waals surface area contributed by atoms with Gasteiger partial charge in [0.2, 0.25) is 0 Å². The van der Waals surface area contributed by atoms with Gasteiger partial charge in [-0.05, 0) is 164 Å². The molecule has 22 rings (SSSR count). The second kappa shape index (κ2) is 32.7. The van der Waals surface area contributed by atoms with Crippen molar-refractivity contribution >= 4 is 0 Å². The molecule has 0 radical (unpaired) electrons. The molecule has 0 heteroatoms. The van der Waals surface area contributed by atoms with Gasteiger partial charge in [-0.3, -0.25) is 0 Å². The minimum absolute atomic E-state index is 1.14. The van der Waals surface area contributed by atoms with Crippen molar-refractivity contribution < 1.29 is 0 Å². The Morgan fingerprint density at radius 1 is 0.0789 bits per heavy atom. The van der Waals surface area contributed by atoms with Crippen molar-refractivity contribution in [1.82, 2.24) is 0 Å². The van der Waals surface area contributed by atoms with Crippen LogP contribution in [0, 0.1) is 107 Å². The van der Waals surface area contributed by atoms with E-state index in [0.29, 0.717) is 0 Å². The molecule has 0 amide bonds. The summed E-state index contributed by atoms with van der Waals surface area (Å²) >= 11 is 0. The highest BCUT2D eigenvalue weighted by Crippen LogP contribution is 2.48. The van der Waals surface area contributed by atoms with E-state index in [1.165, 1.54) is 119 Å². The van der Waals surface area contributed by atoms with E-state index in [1.54, 1.807) is 289 Å². The highest BCUT2D eigenvalue weighted by atomic mass is 14.4. The quantitative estimate of drug-likeness (QED) is 0.227. The van der Waals surface area contributed by atoms with E-state index in [1.807, 2.05) is 0 Å². The maximum Gasteiger partial charge on any atom is -0.0409 e. The van der Waals surface area contributed by atoms with E-state index in [9.17, 15) is 0 Å². The second-order valence-electron chi connectivity index (χ2n) is 32.7. The van der Waals surface area contributed by atoms with Crippen LogP contribution in [0.5, 0.6) is 0 Å². The Hall–Kier alpha value is 0. The van der Waals surface area contributed by atoms with Gasteiger partial charge in [-0.2, -0.15) is 0 Å². The lowest BCUT2D eigenvalue weighted by molar-refractivity contribution is 0.116. The molecule has 0 heterocycles. The molecule has 0 aliphatic heterocycles. The smallest absolute Gasteiger partial charge is 0.0409 e. The van der Waals surface area contributed by atoms with Gasteiger partial charge in [0.25, 0.3) is 0 Å². The van der Waals surface area contributed by atoms with Gasteiger partial charge in [0.05, 0.1) is 0 Å². The Morgan fingerprint density at radius 2 is 0.184 bits per heavy atom. The molecular formula is C76H134. The number of hydrogen-bond donors (Lipinski definition) is 0. The summed E-state index contributed by atoms with van der Waals surface area (Å²) < 4.78 is 0. The largest absolute Gasteiger partial charge is 0.0530 e. The van der Waals surface area contributed by atoms with Gasteiger partial charge in [-0.15, -0.1) is 0 Å². The standard InChI is InChI=1S/2C10H18.2C9H16.3C8H14.2C7H12/c1-2-5-10-7-3-6-9(4-1)8-10;1-2-4-10-7-5-9(3-1)6-8-10;1-3-8-5-2-6-9(4-1)7-8;1-2-4-9-6-5-8(3-1)7-9;1-2-8-5-3-7(1)4-6-8;1-2-7-4-5-8(3-1)6-7;1-2-4-8-5-7(3-1)6-8;1-2-7-4-3-6(1)5-7;1-2-6-4-7(3-1)5-6/h2*9-10H,1-8H2;2*8-9H,1-7H2;3*7-8H,1-6H2;2*6-7H,1-5H2. The number of fused-ring (bicyclic) bond motifs is 23. The zero-order chi connectivity index (χ0) is 51.4. The molecule has 76 heavy (non-hydrogen) atoms. The van der Waals surface area contributed by atoms with E-state index in [4.69, 9.17) is 0 Å². The molecule has 0 aromatic carbocycles. The van der Waals surface area contributed by atoms with E-state index in [2.05, 4.69) is 0 Å². The van der Waals surface area contributed by atoms with Crippen LogP contribution in [-0.2, 0) is 0 Å². The summed E-state index contributed by atoms with van der Waals surface area (Å²) in [6.07, 6.45) is 90.2. The van der Waals surface area contributed by atoms with Gasteiger partial charge in [0.1, 0.15) is 0 Å². The van der Waals surface area contributed by atoms with E-state index in [0.717, 1.165) is 71.0 Å². The summed E-state index contributed by atoms with van der Waals surface area (Å²) in [5.41, 5.74) is 0. The first-order valence-corrected chi connectivity index (χ1v) is 37.5. The summed E-state index contributed by atoms with van der Waals surface area (Å²) in [6.45, 7) is 0. The van der Waals surface area contributed by atoms with Gasteiger partial charge in [-0.1, -0.05) is 315 Å². The van der Waals surface area contributed by atoms with E-state index < -0.39 is 0 Å². The Kier molecular flexibility index (Phi) is 25.5. The maximum absolute atomic E-state index is 1.58. The normalized spacial score (nSPS) is 43.9. The molecular weight excluding hydrogens is 913 g/mol. The van der Waals surface area contributed by atoms with E-state index >= 15 is 0 Å². The van der Waals surface area contributed by atoms with Crippen LogP contribution >= 0.6 is 0 Å². The minimum Gasteiger partial charge on any atom is -0.0530 e. The van der Waals surface area contributed by atoms with Gasteiger partial charge >= 0.3 is 0 Å². The average molecular weight is 1050 g/mol. The first-order valence-electron chi connectivity index (χ1n) is 37.5. The van der Waals surface area contributed by atoms with Gasteiger partial charge < -0.3 is 0 Å². The van der Waals surface area contributed by atoms with Crippen molar-refractivity contribution in [3.63, 3.8) is 0 Å². The molecule has 22 saturated carbocycles. The van der Waals surface area contributed by atoms with Crippen LogP contribution in [-0.4, -0.2) is 0 Å². The van der Waals surface area contributed by atoms with Crippen LogP contribution in [0.25, 0.3) is 0 Å². The Morgan fingerprint density at radius 3 is 0.382 bits per heavy atom. The van der Waals surface area contributed by atoms with Crippen LogP contribution in [0.15, 0.2) is 0 Å². The van der Waals surface area contributed by atoms with Crippen molar-refractivity contribution in [2.45, 2.75) is 372 Å². The van der Waals surface area contributed by atoms with Crippen LogP contribution in [0.3, 0.4) is 0 Å². The maximum atomic E-state index is 1.58. The first kappa shape index (κ1) is 59.2. The third-order valence-corrected chi connectivity index (χ3v) is 26.9. The Bertz CT molecular complexity index is 1320. The van der Waals surface area contributed by atoms with E-state index in [-0.39, 0.29) is 0 Å². The second-order valence-corrected chi connectivity index (χ2v) is 32.7. The zero-order valence-electron chi connectivity index (χ0n) is 51.4. The fourth-order valence-electron chi connectivity index (χ4n) is 21.8. The lowest BCUT2D eigenvalue weighted by atomic mass is 9.65. The van der Waals surface area contributed by atoms with Gasteiger partial charge in [-0.25, -0.2) is 0 Å². The van der Waals surface area contributed by atoms with Crippen LogP contribution in [0.4, 0.5) is 0 Å². The minimum atomic E-state index is 1.14. The molecule has 22 aliphatic carbocycles. The fourth-order valence-corrected chi connectivity index (χ4v) is 21.8. The average Bonchev–Trinajstić information content (AvgIpc) is 4.14. The third-order valence-electron chi connectivity index (χ3n) is 26.9. The fraction of sp³-hybridized carbons (Fsp3) is 1.00. The molecule has 6 atom stereocenters. The topological polar surface area (TPSA) is 0 Å². The molecule has 0 aromatic rings. The molecule has 0 N–H and O–H groups in total. The number of hydrogen-bond acceptors (Lipinski definition) is 0. The molecule has 22 aliphatic rings. The predicted molar refractivity (Wildman–Crippen MR) is 331 cm³/mol. The van der Waals surface area contributed by atoms with Gasteiger partial charge in [0.15, 0.2) is 0 Å². The zero-order valence-corrected chi connectivity index (χ0v) is 51.4. The lowest BCUT2D eigenvalue weighted by Gasteiger charge is -2.40. The molecule has 22 fully saturated rings. The molecule has 0 saturated heterocycles. The molecule has 6 unspecified atom stereocenters. The first-order chi connectivity index (χ1) is 37.5. The van der Waals surface area contributed by atoms with Gasteiger partial charge in [0, 0.05) is 0 Å². The summed E-state index contributed by atoms with van der Waals surface area (Å²) in [4.78, 5) is 0. The van der Waals surface area contributed by atoms with Crippen LogP contribution < -0.4 is 0 Å². The lowest BCUT2D eigenvalue weighted by Crippen LogP contribution is -2.28. The SMILES string of the molecule is C1CC2CC(C1)C2.C1CC2CCC(C1)C2.C1CC2CCC1C2.C1CC2CCC1CC2.C1CC2CCCC(C1)C2.C1CCC2CC(C1)C2.C1CCC2CCC(C1)C2.C1CCC2CCC(C1)CC2.C1CCC2CCCC(C1)C2. The highest BCUT2D eigenvalue weighted by Gasteiger charge is 2.34. The van der Waals surface area contributed by atoms with Crippen molar-refractivity contribution in [3.8, 4) is 0 Å². The summed E-state index contributed by atoms with van der Waals surface area (Å²) in [5.74, 6) is 20.8. The number of rotatable bonds is 0. The molecule has 438 valence electrons. The molecule has 18 bridgehead atoms. The third kappa shape index (κ3) is 20.4. The van der Waals surface area contributed by atoms with Crippen LogP contribution in [0.1, 0.15) is 372 Å². The van der Waals surface area contributed by atoms with Crippen LogP contribution in [0.2, 0.25) is 0 Å². The summed E-state index contributed by atoms with van der Waals surface area (Å²) in [6, 6.07) is 0. The van der Waals surface area contributed by atoms with Crippen molar-refractivity contribution in [2.75, 3.05) is 0 Å². The van der Waals surface area contributed by atoms with Crippen molar-refractivity contribution in [1.29, 1.82) is 0 Å².